The third-order valence-electron chi connectivity index (χ3n) is 12.3. The van der Waals surface area contributed by atoms with Crippen molar-refractivity contribution in [3.8, 4) is 0 Å². The van der Waals surface area contributed by atoms with Gasteiger partial charge in [0, 0.05) is 24.5 Å². The molecule has 1 spiro atoms. The summed E-state index contributed by atoms with van der Waals surface area (Å²) in [7, 11) is -1.31. The minimum atomic E-state index is -3.63. The highest BCUT2D eigenvalue weighted by molar-refractivity contribution is 7.87. The summed E-state index contributed by atoms with van der Waals surface area (Å²) in [5.41, 5.74) is 3.75. The molecule has 2 saturated heterocycles. The van der Waals surface area contributed by atoms with Gasteiger partial charge in [-0.05, 0) is 113 Å². The second-order valence-electron chi connectivity index (χ2n) is 14.3. The Morgan fingerprint density at radius 3 is 2.64 bits per heavy atom. The summed E-state index contributed by atoms with van der Waals surface area (Å²) in [6, 6.07) is 0.577. The third kappa shape index (κ3) is 4.06. The average molecular weight is 520 g/mol. The number of rotatable bonds is 2. The zero-order valence-electron chi connectivity index (χ0n) is 23.1. The van der Waals surface area contributed by atoms with Gasteiger partial charge in [0.05, 0.1) is 11.7 Å². The van der Waals surface area contributed by atoms with E-state index in [-0.39, 0.29) is 11.6 Å². The van der Waals surface area contributed by atoms with Crippen molar-refractivity contribution in [1.29, 1.82) is 0 Å². The van der Waals surface area contributed by atoms with Crippen LogP contribution < -0.4 is 9.86 Å². The van der Waals surface area contributed by atoms with E-state index >= 15 is 0 Å². The van der Waals surface area contributed by atoms with Crippen molar-refractivity contribution >= 4 is 10.2 Å². The van der Waals surface area contributed by atoms with Crippen LogP contribution in [0.4, 0.5) is 0 Å². The maximum Gasteiger partial charge on any atom is 0.274 e. The Balaban J connectivity index is 1.23. The molecule has 36 heavy (non-hydrogen) atoms. The van der Waals surface area contributed by atoms with E-state index in [1.807, 2.05) is 0 Å². The molecule has 0 amide bonds. The molecule has 204 valence electrons. The summed E-state index contributed by atoms with van der Waals surface area (Å²) in [5, 5.41) is 5.32. The number of likely N-dealkylation sites (N-methyl/N-ethyl adjacent to an activating group) is 1. The molecule has 0 radical (unpaired) electrons. The first-order valence-electron chi connectivity index (χ1n) is 14.8. The number of fused-ring (bicyclic) bond motifs is 6. The third-order valence-corrected chi connectivity index (χ3v) is 13.0. The molecule has 0 bridgehead atoms. The zero-order valence-corrected chi connectivity index (χ0v) is 23.9. The zero-order chi connectivity index (χ0) is 25.6. The molecule has 2 heterocycles. The number of allylic oxidation sites excluding steroid dienone is 1. The molecule has 3 N–H and O–H groups in total. The molecule has 0 aromatic carbocycles. The molecule has 5 fully saturated rings. The van der Waals surface area contributed by atoms with Crippen molar-refractivity contribution in [2.75, 3.05) is 13.6 Å². The Kier molecular flexibility index (Phi) is 6.28. The topological polar surface area (TPSA) is 84.7 Å². The molecule has 3 saturated carbocycles. The first-order valence-corrected chi connectivity index (χ1v) is 16.3. The molecular formula is C29H49N3O3S. The van der Waals surface area contributed by atoms with E-state index in [1.165, 1.54) is 45.1 Å². The lowest BCUT2D eigenvalue weighted by Crippen LogP contribution is -2.51. The molecule has 6 nitrogen and oxygen atoms in total. The number of hydrogen-bond acceptors (Lipinski definition) is 4. The SMILES string of the molecule is CC1=C2C[C@H]3[C@@H](CC[C@@H]4C[C@@H](NS(N)(=O)=O)CC[C@@]43C)[C@@H]2CC[C@@]2(C1)OC1C[C@H](C)CN(C)C1[C@H]2C. The van der Waals surface area contributed by atoms with Crippen LogP contribution in [0.2, 0.25) is 0 Å². The van der Waals surface area contributed by atoms with Crippen molar-refractivity contribution in [3.05, 3.63) is 11.1 Å². The van der Waals surface area contributed by atoms with Crippen LogP contribution in [0.3, 0.4) is 0 Å². The first kappa shape index (κ1) is 25.8. The first-order chi connectivity index (χ1) is 16.9. The number of nitrogens with two attached hydrogens (primary N) is 1. The van der Waals surface area contributed by atoms with Gasteiger partial charge in [0.25, 0.3) is 10.2 Å². The minimum Gasteiger partial charge on any atom is -0.369 e. The van der Waals surface area contributed by atoms with Crippen LogP contribution in [-0.4, -0.2) is 50.7 Å². The van der Waals surface area contributed by atoms with E-state index in [4.69, 9.17) is 9.88 Å². The van der Waals surface area contributed by atoms with Crippen LogP contribution >= 0.6 is 0 Å². The highest BCUT2D eigenvalue weighted by Gasteiger charge is 2.60. The Labute approximate surface area is 219 Å². The second kappa shape index (κ2) is 8.77. The van der Waals surface area contributed by atoms with E-state index in [1.54, 1.807) is 11.1 Å². The van der Waals surface area contributed by atoms with Gasteiger partial charge in [-0.3, -0.25) is 0 Å². The Morgan fingerprint density at radius 2 is 1.89 bits per heavy atom. The fourth-order valence-electron chi connectivity index (χ4n) is 10.8. The fourth-order valence-corrected chi connectivity index (χ4v) is 11.4. The summed E-state index contributed by atoms with van der Waals surface area (Å²) >= 11 is 0. The van der Waals surface area contributed by atoms with E-state index in [0.717, 1.165) is 49.4 Å². The minimum absolute atomic E-state index is 0.00713. The van der Waals surface area contributed by atoms with Gasteiger partial charge in [-0.1, -0.05) is 31.9 Å². The number of ether oxygens (including phenoxy) is 1. The summed E-state index contributed by atoms with van der Waals surface area (Å²) in [4.78, 5) is 2.60. The molecule has 11 atom stereocenters. The molecule has 4 aliphatic carbocycles. The second-order valence-corrected chi connectivity index (χ2v) is 15.6. The molecule has 0 aromatic heterocycles. The van der Waals surface area contributed by atoms with Crippen molar-refractivity contribution in [1.82, 2.24) is 9.62 Å². The lowest BCUT2D eigenvalue weighted by molar-refractivity contribution is -0.0796. The highest BCUT2D eigenvalue weighted by Crippen LogP contribution is 2.65. The predicted octanol–water partition coefficient (Wildman–Crippen LogP) is 4.61. The summed E-state index contributed by atoms with van der Waals surface area (Å²) in [6.07, 6.45) is 12.0. The smallest absolute Gasteiger partial charge is 0.274 e. The van der Waals surface area contributed by atoms with Gasteiger partial charge < -0.3 is 9.64 Å². The normalized spacial score (nSPS) is 51.4. The maximum atomic E-state index is 11.7. The van der Waals surface area contributed by atoms with Crippen molar-refractivity contribution in [3.63, 3.8) is 0 Å². The van der Waals surface area contributed by atoms with E-state index in [0.29, 0.717) is 29.4 Å². The molecule has 7 heteroatoms. The lowest BCUT2D eigenvalue weighted by atomic mass is 9.52. The highest BCUT2D eigenvalue weighted by atomic mass is 32.2. The van der Waals surface area contributed by atoms with Crippen LogP contribution in [0.5, 0.6) is 0 Å². The number of likely N-dealkylation sites (tertiary alicyclic amines) is 1. The molecule has 2 aliphatic heterocycles. The van der Waals surface area contributed by atoms with Gasteiger partial charge in [0.15, 0.2) is 0 Å². The fraction of sp³-hybridized carbons (Fsp3) is 0.931. The van der Waals surface area contributed by atoms with Gasteiger partial charge >= 0.3 is 0 Å². The summed E-state index contributed by atoms with van der Waals surface area (Å²) in [6.45, 7) is 11.0. The van der Waals surface area contributed by atoms with E-state index in [2.05, 4.69) is 44.4 Å². The largest absolute Gasteiger partial charge is 0.369 e. The monoisotopic (exact) mass is 519 g/mol. The summed E-state index contributed by atoms with van der Waals surface area (Å²) in [5.74, 6) is 4.15. The summed E-state index contributed by atoms with van der Waals surface area (Å²) < 4.78 is 33.1. The van der Waals surface area contributed by atoms with Crippen molar-refractivity contribution in [2.24, 2.45) is 46.1 Å². The van der Waals surface area contributed by atoms with Gasteiger partial charge in [-0.25, -0.2) is 5.14 Å². The van der Waals surface area contributed by atoms with E-state index in [9.17, 15) is 8.42 Å². The number of nitrogens with one attached hydrogen (secondary N) is 1. The van der Waals surface area contributed by atoms with Gasteiger partial charge in [-0.15, -0.1) is 0 Å². The van der Waals surface area contributed by atoms with Crippen molar-refractivity contribution < 1.29 is 13.2 Å². The van der Waals surface area contributed by atoms with Gasteiger partial charge in [-0.2, -0.15) is 13.1 Å². The maximum absolute atomic E-state index is 11.7. The van der Waals surface area contributed by atoms with Gasteiger partial charge in [0.2, 0.25) is 0 Å². The Bertz CT molecular complexity index is 1030. The van der Waals surface area contributed by atoms with Crippen LogP contribution in [-0.2, 0) is 14.9 Å². The quantitative estimate of drug-likeness (QED) is 0.522. The van der Waals surface area contributed by atoms with Crippen molar-refractivity contribution in [2.45, 2.75) is 116 Å². The molecule has 0 aromatic rings. The molecule has 6 aliphatic rings. The van der Waals surface area contributed by atoms with Crippen LogP contribution in [0.1, 0.15) is 91.9 Å². The van der Waals surface area contributed by atoms with Gasteiger partial charge in [0.1, 0.15) is 0 Å². The van der Waals surface area contributed by atoms with Crippen LogP contribution in [0.25, 0.3) is 0 Å². The Morgan fingerprint density at radius 1 is 1.11 bits per heavy atom. The van der Waals surface area contributed by atoms with Crippen LogP contribution in [0.15, 0.2) is 11.1 Å². The molecule has 6 rings (SSSR count). The predicted molar refractivity (Wildman–Crippen MR) is 143 cm³/mol. The number of hydrogen-bond donors (Lipinski definition) is 2. The van der Waals surface area contributed by atoms with Crippen LogP contribution in [0, 0.1) is 40.9 Å². The lowest BCUT2D eigenvalue weighted by Gasteiger charge is -2.54. The number of nitrogens with zero attached hydrogens (tertiary/aromatic N) is 1. The van der Waals surface area contributed by atoms with E-state index < -0.39 is 10.2 Å². The standard InChI is InChI=1S/C29H49N3O3S/c1-17-12-26-27(32(5)16-17)19(3)29(35-26)11-9-22-23-7-6-20-13-21(31-36(30,33)34)8-10-28(20,4)25(23)14-24(22)18(2)15-29/h17,19-23,25-27,31H,6-16H2,1-5H3,(H2,30,33,34)/t17-,19+,20+,21-,22-,23-,25-,26?,27?,28-,29-/m0/s1. The number of piperidine rings is 1. The molecule has 2 unspecified atom stereocenters. The molecular weight excluding hydrogens is 470 g/mol. The average Bonchev–Trinajstić information content (AvgIpc) is 3.23. The Hall–Kier alpha value is -0.470.